The Morgan fingerprint density at radius 1 is 0.712 bits per heavy atom. The third kappa shape index (κ3) is 30.4. The molecule has 52 heavy (non-hydrogen) atoms. The second-order valence-corrected chi connectivity index (χ2v) is 15.0. The maximum atomic E-state index is 12.5. The molecular formula is C41H72NO9P. The van der Waals surface area contributed by atoms with Gasteiger partial charge in [0.25, 0.3) is 0 Å². The summed E-state index contributed by atoms with van der Waals surface area (Å²) in [6, 6.07) is 0. The normalized spacial score (nSPS) is 17.8. The molecule has 0 radical (unpaired) electrons. The number of hydrogen-bond acceptors (Lipinski definition) is 9. The van der Waals surface area contributed by atoms with Gasteiger partial charge in [0.1, 0.15) is 6.61 Å². The lowest BCUT2D eigenvalue weighted by molar-refractivity contribution is -0.161. The first kappa shape index (κ1) is 48.0. The van der Waals surface area contributed by atoms with Crippen LogP contribution in [0.15, 0.2) is 48.6 Å². The van der Waals surface area contributed by atoms with Crippen molar-refractivity contribution in [2.45, 2.75) is 173 Å². The summed E-state index contributed by atoms with van der Waals surface area (Å²) in [5, 5.41) is 0. The Kier molecular flexibility index (Phi) is 30.9. The number of ether oxygens (including phenoxy) is 3. The summed E-state index contributed by atoms with van der Waals surface area (Å²) in [6.45, 7) is 3.53. The number of phosphoric acid groups is 1. The van der Waals surface area contributed by atoms with Crippen LogP contribution in [0.3, 0.4) is 0 Å². The van der Waals surface area contributed by atoms with Gasteiger partial charge in [0.15, 0.2) is 6.10 Å². The molecule has 4 atom stereocenters. The first-order valence-corrected chi connectivity index (χ1v) is 21.7. The largest absolute Gasteiger partial charge is 0.472 e. The van der Waals surface area contributed by atoms with Gasteiger partial charge in [-0.3, -0.25) is 18.6 Å². The van der Waals surface area contributed by atoms with E-state index < -0.39 is 32.5 Å². The molecule has 0 bridgehead atoms. The fourth-order valence-corrected chi connectivity index (χ4v) is 6.30. The number of carbonyl (C=O) groups excluding carboxylic acids is 2. The van der Waals surface area contributed by atoms with E-state index in [-0.39, 0.29) is 32.6 Å². The van der Waals surface area contributed by atoms with E-state index in [1.165, 1.54) is 25.7 Å². The molecule has 0 spiro atoms. The average molecular weight is 754 g/mol. The molecule has 1 aliphatic heterocycles. The van der Waals surface area contributed by atoms with E-state index in [9.17, 15) is 19.0 Å². The Morgan fingerprint density at radius 3 is 1.96 bits per heavy atom. The molecule has 1 rings (SSSR count). The van der Waals surface area contributed by atoms with Crippen molar-refractivity contribution in [3.63, 3.8) is 0 Å². The maximum absolute atomic E-state index is 12.5. The highest BCUT2D eigenvalue weighted by atomic mass is 31.2. The van der Waals surface area contributed by atoms with Crippen molar-refractivity contribution in [1.82, 2.24) is 0 Å². The average Bonchev–Trinajstić information content (AvgIpc) is 3.88. The van der Waals surface area contributed by atoms with Gasteiger partial charge < -0.3 is 24.8 Å². The fourth-order valence-electron chi connectivity index (χ4n) is 5.54. The zero-order valence-electron chi connectivity index (χ0n) is 32.5. The Bertz CT molecular complexity index is 1060. The van der Waals surface area contributed by atoms with Gasteiger partial charge in [0.2, 0.25) is 0 Å². The van der Waals surface area contributed by atoms with Gasteiger partial charge >= 0.3 is 19.8 Å². The zero-order chi connectivity index (χ0) is 38.0. The van der Waals surface area contributed by atoms with E-state index >= 15 is 0 Å². The van der Waals surface area contributed by atoms with Gasteiger partial charge in [0.05, 0.1) is 25.4 Å². The number of hydrogen-bond donors (Lipinski definition) is 2. The van der Waals surface area contributed by atoms with Crippen molar-refractivity contribution in [3.8, 4) is 0 Å². The predicted molar refractivity (Wildman–Crippen MR) is 210 cm³/mol. The van der Waals surface area contributed by atoms with Crippen LogP contribution < -0.4 is 5.73 Å². The van der Waals surface area contributed by atoms with Crippen molar-refractivity contribution in [1.29, 1.82) is 0 Å². The molecule has 3 unspecified atom stereocenters. The number of unbranched alkanes of at least 4 members (excludes halogenated alkanes) is 12. The van der Waals surface area contributed by atoms with E-state index in [0.29, 0.717) is 25.0 Å². The van der Waals surface area contributed by atoms with Crippen molar-refractivity contribution in [2.24, 2.45) is 5.73 Å². The predicted octanol–water partition coefficient (Wildman–Crippen LogP) is 10.1. The lowest BCUT2D eigenvalue weighted by Gasteiger charge is -2.19. The Labute approximate surface area is 315 Å². The Balaban J connectivity index is 2.21. The molecule has 1 fully saturated rings. The quantitative estimate of drug-likeness (QED) is 0.0208. The van der Waals surface area contributed by atoms with Gasteiger partial charge in [-0.15, -0.1) is 0 Å². The fraction of sp³-hybridized carbons (Fsp3) is 0.756. The molecule has 0 aromatic heterocycles. The summed E-state index contributed by atoms with van der Waals surface area (Å²) >= 11 is 0. The Hall–Kier alpha value is -2.07. The van der Waals surface area contributed by atoms with Crippen molar-refractivity contribution < 1.29 is 42.3 Å². The second kappa shape index (κ2) is 33.5. The lowest BCUT2D eigenvalue weighted by atomic mass is 10.1. The highest BCUT2D eigenvalue weighted by Crippen LogP contribution is 2.43. The van der Waals surface area contributed by atoms with E-state index in [0.717, 1.165) is 89.9 Å². The van der Waals surface area contributed by atoms with Crippen molar-refractivity contribution in [3.05, 3.63) is 48.6 Å². The molecule has 0 saturated carbocycles. The summed E-state index contributed by atoms with van der Waals surface area (Å²) < 4.78 is 38.4. The summed E-state index contributed by atoms with van der Waals surface area (Å²) in [4.78, 5) is 34.8. The SMILES string of the molecule is CC/C=C\C/C=C\C/C=C\CCCCCCCC(=O)O[C@H](COC(=O)CCCCCCC/C=C\CC1OC1CCCCC)COP(=O)(O)OCCN. The number of carbonyl (C=O) groups is 2. The molecule has 0 aromatic carbocycles. The van der Waals surface area contributed by atoms with Crippen LogP contribution >= 0.6 is 7.82 Å². The minimum Gasteiger partial charge on any atom is -0.462 e. The van der Waals surface area contributed by atoms with E-state index in [4.69, 9.17) is 29.0 Å². The summed E-state index contributed by atoms with van der Waals surface area (Å²) in [7, 11) is -4.39. The van der Waals surface area contributed by atoms with Crippen LogP contribution in [0.4, 0.5) is 0 Å². The molecular weight excluding hydrogens is 681 g/mol. The van der Waals surface area contributed by atoms with E-state index in [1.807, 2.05) is 0 Å². The molecule has 11 heteroatoms. The van der Waals surface area contributed by atoms with Gasteiger partial charge in [-0.1, -0.05) is 120 Å². The van der Waals surface area contributed by atoms with Gasteiger partial charge in [-0.05, 0) is 70.6 Å². The molecule has 0 aromatic rings. The number of epoxide rings is 1. The van der Waals surface area contributed by atoms with Crippen LogP contribution in [0, 0.1) is 0 Å². The van der Waals surface area contributed by atoms with E-state index in [2.05, 4.69) is 62.5 Å². The van der Waals surface area contributed by atoms with Crippen LogP contribution in [0.5, 0.6) is 0 Å². The van der Waals surface area contributed by atoms with Crippen molar-refractivity contribution >= 4 is 19.8 Å². The zero-order valence-corrected chi connectivity index (χ0v) is 33.4. The molecule has 0 amide bonds. The minimum atomic E-state index is -4.39. The maximum Gasteiger partial charge on any atom is 0.472 e. The third-order valence-corrected chi connectivity index (χ3v) is 9.61. The molecule has 0 aliphatic carbocycles. The van der Waals surface area contributed by atoms with Gasteiger partial charge in [0, 0.05) is 19.4 Å². The summed E-state index contributed by atoms with van der Waals surface area (Å²) in [6.07, 6.45) is 38.8. The monoisotopic (exact) mass is 753 g/mol. The number of rotatable bonds is 36. The number of allylic oxidation sites excluding steroid dienone is 7. The van der Waals surface area contributed by atoms with Crippen molar-refractivity contribution in [2.75, 3.05) is 26.4 Å². The third-order valence-electron chi connectivity index (χ3n) is 8.62. The van der Waals surface area contributed by atoms with Crippen LogP contribution in [-0.2, 0) is 37.4 Å². The first-order valence-electron chi connectivity index (χ1n) is 20.2. The van der Waals surface area contributed by atoms with Gasteiger partial charge in [-0.25, -0.2) is 4.57 Å². The summed E-state index contributed by atoms with van der Waals surface area (Å²) in [5.74, 6) is -0.874. The highest BCUT2D eigenvalue weighted by molar-refractivity contribution is 7.47. The second-order valence-electron chi connectivity index (χ2n) is 13.5. The number of phosphoric ester groups is 1. The number of nitrogens with two attached hydrogens (primary N) is 1. The smallest absolute Gasteiger partial charge is 0.462 e. The number of esters is 2. The van der Waals surface area contributed by atoms with Crippen LogP contribution in [0.1, 0.15) is 155 Å². The van der Waals surface area contributed by atoms with Gasteiger partial charge in [-0.2, -0.15) is 0 Å². The van der Waals surface area contributed by atoms with Crippen LogP contribution in [-0.4, -0.2) is 61.5 Å². The highest BCUT2D eigenvalue weighted by Gasteiger charge is 2.36. The lowest BCUT2D eigenvalue weighted by Crippen LogP contribution is -2.29. The molecule has 1 saturated heterocycles. The standard InChI is InChI=1S/C41H72NO9P/c1-3-5-7-8-9-10-11-12-13-14-15-16-21-24-28-32-41(44)50-37(36-49-52(45,46)48-34-33-42)35-47-40(43)31-27-23-20-18-17-19-22-26-30-39-38(51-39)29-25-6-4-2/h5,7,9-10,12-13,22,26,37-39H,3-4,6,8,11,14-21,23-25,27-36,42H2,1-2H3,(H,45,46)/b7-5-,10-9-,13-12-,26-22-/t37-,38?,39?/m1/s1. The first-order chi connectivity index (χ1) is 25.3. The van der Waals surface area contributed by atoms with Crippen LogP contribution in [0.25, 0.3) is 0 Å². The topological polar surface area (TPSA) is 147 Å². The van der Waals surface area contributed by atoms with Crippen LogP contribution in [0.2, 0.25) is 0 Å². The molecule has 3 N–H and O–H groups in total. The Morgan fingerprint density at radius 2 is 1.31 bits per heavy atom. The summed E-state index contributed by atoms with van der Waals surface area (Å²) in [5.41, 5.74) is 5.34. The van der Waals surface area contributed by atoms with E-state index in [1.54, 1.807) is 0 Å². The minimum absolute atomic E-state index is 0.0442. The molecule has 300 valence electrons. The molecule has 10 nitrogen and oxygen atoms in total. The molecule has 1 heterocycles. The molecule has 1 aliphatic rings.